The molecule has 7 nitrogen and oxygen atoms in total. The number of hydrogen-bond acceptors (Lipinski definition) is 4. The summed E-state index contributed by atoms with van der Waals surface area (Å²) in [6.07, 6.45) is 5.99. The molecule has 3 heterocycles. The lowest BCUT2D eigenvalue weighted by molar-refractivity contribution is 0.102. The number of aryl methyl sites for hydroxylation is 1. The van der Waals surface area contributed by atoms with Gasteiger partial charge < -0.3 is 5.32 Å². The third kappa shape index (κ3) is 4.33. The lowest BCUT2D eigenvalue weighted by atomic mass is 10.1. The van der Waals surface area contributed by atoms with E-state index < -0.39 is 0 Å². The number of fused-ring (bicyclic) bond motifs is 1. The standard InChI is InChI=1S/C28H26N6O/c1-19-15-29-33(18-21-12-13-21)26(19)32-28(35)23-14-25(22-10-6-3-7-11-22)31-27-24(23)16-30-34(27)17-20-8-4-2-5-9-20/h2-11,14-16,21H,12-13,17-18H2,1H3,(H,32,35). The van der Waals surface area contributed by atoms with Gasteiger partial charge in [-0.1, -0.05) is 60.7 Å². The first-order valence-electron chi connectivity index (χ1n) is 12.0. The van der Waals surface area contributed by atoms with E-state index in [9.17, 15) is 4.79 Å². The van der Waals surface area contributed by atoms with Gasteiger partial charge in [0.05, 0.1) is 35.6 Å². The van der Waals surface area contributed by atoms with Crippen molar-refractivity contribution < 1.29 is 4.79 Å². The van der Waals surface area contributed by atoms with E-state index in [-0.39, 0.29) is 5.91 Å². The van der Waals surface area contributed by atoms with Gasteiger partial charge >= 0.3 is 0 Å². The third-order valence-corrected chi connectivity index (χ3v) is 6.48. The van der Waals surface area contributed by atoms with Gasteiger partial charge in [-0.15, -0.1) is 0 Å². The van der Waals surface area contributed by atoms with Crippen molar-refractivity contribution in [2.75, 3.05) is 5.32 Å². The van der Waals surface area contributed by atoms with Gasteiger partial charge in [-0.3, -0.25) is 4.79 Å². The second-order valence-electron chi connectivity index (χ2n) is 9.20. The highest BCUT2D eigenvalue weighted by atomic mass is 16.1. The zero-order valence-electron chi connectivity index (χ0n) is 19.6. The number of nitrogens with zero attached hydrogens (tertiary/aromatic N) is 5. The molecule has 6 rings (SSSR count). The normalized spacial score (nSPS) is 13.3. The summed E-state index contributed by atoms with van der Waals surface area (Å²) in [6, 6.07) is 21.9. The summed E-state index contributed by atoms with van der Waals surface area (Å²) in [7, 11) is 0. The SMILES string of the molecule is Cc1cnn(CC2CC2)c1NC(=O)c1cc(-c2ccccc2)nc2c1cnn2Cc1ccccc1. The Balaban J connectivity index is 1.42. The molecule has 0 unspecified atom stereocenters. The fourth-order valence-electron chi connectivity index (χ4n) is 4.36. The first-order valence-corrected chi connectivity index (χ1v) is 12.0. The first-order chi connectivity index (χ1) is 17.2. The average Bonchev–Trinajstić information content (AvgIpc) is 3.54. The van der Waals surface area contributed by atoms with Gasteiger partial charge in [0.25, 0.3) is 5.91 Å². The Bertz CT molecular complexity index is 1500. The molecule has 1 fully saturated rings. The van der Waals surface area contributed by atoms with Crippen LogP contribution in [-0.4, -0.2) is 30.5 Å². The maximum atomic E-state index is 13.7. The van der Waals surface area contributed by atoms with Crippen molar-refractivity contribution in [3.05, 3.63) is 95.8 Å². The summed E-state index contributed by atoms with van der Waals surface area (Å²) >= 11 is 0. The van der Waals surface area contributed by atoms with Gasteiger partial charge in [-0.25, -0.2) is 14.3 Å². The number of carbonyl (C=O) groups excluding carboxylic acids is 1. The summed E-state index contributed by atoms with van der Waals surface area (Å²) in [6.45, 7) is 3.38. The van der Waals surface area contributed by atoms with Crippen LogP contribution in [0.2, 0.25) is 0 Å². The molecule has 7 heteroatoms. The Kier molecular flexibility index (Phi) is 5.37. The summed E-state index contributed by atoms with van der Waals surface area (Å²) in [5, 5.41) is 13.0. The lowest BCUT2D eigenvalue weighted by Crippen LogP contribution is -2.18. The van der Waals surface area contributed by atoms with E-state index in [1.807, 2.05) is 77.1 Å². The van der Waals surface area contributed by atoms with Crippen LogP contribution in [0.15, 0.2) is 79.1 Å². The number of amides is 1. The number of benzene rings is 2. The molecule has 0 bridgehead atoms. The Hall–Kier alpha value is -4.26. The van der Waals surface area contributed by atoms with E-state index in [1.165, 1.54) is 12.8 Å². The van der Waals surface area contributed by atoms with E-state index >= 15 is 0 Å². The zero-order valence-corrected chi connectivity index (χ0v) is 19.6. The van der Waals surface area contributed by atoms with Gasteiger partial charge in [-0.2, -0.15) is 10.2 Å². The number of anilines is 1. The second kappa shape index (κ2) is 8.83. The van der Waals surface area contributed by atoms with Gasteiger partial charge in [0.2, 0.25) is 0 Å². The van der Waals surface area contributed by atoms with Crippen LogP contribution in [0.3, 0.4) is 0 Å². The van der Waals surface area contributed by atoms with Crippen molar-refractivity contribution >= 4 is 22.8 Å². The second-order valence-corrected chi connectivity index (χ2v) is 9.20. The van der Waals surface area contributed by atoms with Crippen LogP contribution in [0.1, 0.15) is 34.3 Å². The quantitative estimate of drug-likeness (QED) is 0.355. The molecular weight excluding hydrogens is 436 g/mol. The number of rotatable bonds is 7. The van der Waals surface area contributed by atoms with E-state index in [1.54, 1.807) is 6.20 Å². The topological polar surface area (TPSA) is 77.6 Å². The number of nitrogens with one attached hydrogen (secondary N) is 1. The molecule has 174 valence electrons. The highest BCUT2D eigenvalue weighted by Gasteiger charge is 2.25. The monoisotopic (exact) mass is 462 g/mol. The maximum Gasteiger partial charge on any atom is 0.257 e. The smallest absolute Gasteiger partial charge is 0.257 e. The highest BCUT2D eigenvalue weighted by Crippen LogP contribution is 2.32. The molecule has 0 radical (unpaired) electrons. The number of carbonyl (C=O) groups is 1. The van der Waals surface area contributed by atoms with Crippen molar-refractivity contribution in [2.24, 2.45) is 5.92 Å². The Morgan fingerprint density at radius 2 is 1.69 bits per heavy atom. The molecule has 1 saturated carbocycles. The first kappa shape index (κ1) is 21.3. The van der Waals surface area contributed by atoms with Crippen LogP contribution in [0.25, 0.3) is 22.3 Å². The van der Waals surface area contributed by atoms with Crippen molar-refractivity contribution in [1.82, 2.24) is 24.5 Å². The molecule has 35 heavy (non-hydrogen) atoms. The molecule has 1 aliphatic rings. The fraction of sp³-hybridized carbons (Fsp3) is 0.214. The minimum atomic E-state index is -0.186. The summed E-state index contributed by atoms with van der Waals surface area (Å²) < 4.78 is 3.77. The maximum absolute atomic E-state index is 13.7. The van der Waals surface area contributed by atoms with Crippen LogP contribution < -0.4 is 5.32 Å². The third-order valence-electron chi connectivity index (χ3n) is 6.48. The van der Waals surface area contributed by atoms with Crippen LogP contribution in [0.5, 0.6) is 0 Å². The summed E-state index contributed by atoms with van der Waals surface area (Å²) in [4.78, 5) is 18.6. The van der Waals surface area contributed by atoms with E-state index in [0.717, 1.165) is 40.1 Å². The molecule has 5 aromatic rings. The molecule has 1 N–H and O–H groups in total. The van der Waals surface area contributed by atoms with Crippen molar-refractivity contribution in [1.29, 1.82) is 0 Å². The van der Waals surface area contributed by atoms with Crippen molar-refractivity contribution in [2.45, 2.75) is 32.9 Å². The largest absolute Gasteiger partial charge is 0.307 e. The van der Waals surface area contributed by atoms with Gasteiger partial charge in [0.15, 0.2) is 5.65 Å². The average molecular weight is 463 g/mol. The number of aromatic nitrogens is 5. The van der Waals surface area contributed by atoms with Crippen LogP contribution in [0.4, 0.5) is 5.82 Å². The van der Waals surface area contributed by atoms with Gasteiger partial charge in [0.1, 0.15) is 5.82 Å². The van der Waals surface area contributed by atoms with Gasteiger partial charge in [-0.05, 0) is 37.3 Å². The van der Waals surface area contributed by atoms with Crippen LogP contribution in [-0.2, 0) is 13.1 Å². The minimum absolute atomic E-state index is 0.186. The van der Waals surface area contributed by atoms with Crippen LogP contribution >= 0.6 is 0 Å². The lowest BCUT2D eigenvalue weighted by Gasteiger charge is -2.12. The molecule has 1 amide bonds. The van der Waals surface area contributed by atoms with Crippen molar-refractivity contribution in [3.63, 3.8) is 0 Å². The number of pyridine rings is 1. The van der Waals surface area contributed by atoms with Crippen LogP contribution in [0, 0.1) is 12.8 Å². The molecular formula is C28H26N6O. The molecule has 0 saturated heterocycles. The molecule has 0 spiro atoms. The van der Waals surface area contributed by atoms with E-state index in [0.29, 0.717) is 23.7 Å². The van der Waals surface area contributed by atoms with Crippen molar-refractivity contribution in [3.8, 4) is 11.3 Å². The number of hydrogen-bond donors (Lipinski definition) is 1. The Labute approximate surface area is 203 Å². The molecule has 1 aliphatic carbocycles. The predicted octanol–water partition coefficient (Wildman–Crippen LogP) is 5.31. The predicted molar refractivity (Wildman–Crippen MR) is 136 cm³/mol. The minimum Gasteiger partial charge on any atom is -0.307 e. The van der Waals surface area contributed by atoms with E-state index in [2.05, 4.69) is 27.6 Å². The zero-order chi connectivity index (χ0) is 23.8. The van der Waals surface area contributed by atoms with E-state index in [4.69, 9.17) is 4.98 Å². The fourth-order valence-corrected chi connectivity index (χ4v) is 4.36. The highest BCUT2D eigenvalue weighted by molar-refractivity contribution is 6.12. The summed E-state index contributed by atoms with van der Waals surface area (Å²) in [5.74, 6) is 1.22. The Morgan fingerprint density at radius 1 is 0.971 bits per heavy atom. The molecule has 0 atom stereocenters. The molecule has 2 aromatic carbocycles. The van der Waals surface area contributed by atoms with Gasteiger partial charge in [0, 0.05) is 17.7 Å². The summed E-state index contributed by atoms with van der Waals surface area (Å²) in [5.41, 5.74) is 4.99. The Morgan fingerprint density at radius 3 is 2.43 bits per heavy atom. The molecule has 0 aliphatic heterocycles. The molecule has 3 aromatic heterocycles.